The number of hydrogen-bond acceptors (Lipinski definition) is 4. The molecule has 3 aromatic rings. The second-order valence-electron chi connectivity index (χ2n) is 5.00. The van der Waals surface area contributed by atoms with Crippen molar-refractivity contribution in [2.24, 2.45) is 5.73 Å². The van der Waals surface area contributed by atoms with E-state index in [4.69, 9.17) is 5.73 Å². The van der Waals surface area contributed by atoms with Crippen LogP contribution in [0.5, 0.6) is 0 Å². The monoisotopic (exact) mass is 358 g/mol. The van der Waals surface area contributed by atoms with Crippen LogP contribution in [-0.2, 0) is 10.0 Å². The zero-order valence-electron chi connectivity index (χ0n) is 12.5. The van der Waals surface area contributed by atoms with Gasteiger partial charge in [0, 0.05) is 4.88 Å². The summed E-state index contributed by atoms with van der Waals surface area (Å²) in [6, 6.07) is 19.0. The van der Waals surface area contributed by atoms with Crippen molar-refractivity contribution >= 4 is 33.0 Å². The summed E-state index contributed by atoms with van der Waals surface area (Å²) in [5.41, 5.74) is 6.47. The topological polar surface area (TPSA) is 89.3 Å². The quantitative estimate of drug-likeness (QED) is 0.733. The highest BCUT2D eigenvalue weighted by Crippen LogP contribution is 2.35. The second kappa shape index (κ2) is 6.46. The highest BCUT2D eigenvalue weighted by atomic mass is 32.2. The van der Waals surface area contributed by atoms with Crippen LogP contribution < -0.4 is 10.5 Å². The molecule has 24 heavy (non-hydrogen) atoms. The van der Waals surface area contributed by atoms with Gasteiger partial charge in [0.15, 0.2) is 0 Å². The van der Waals surface area contributed by atoms with Crippen molar-refractivity contribution in [2.45, 2.75) is 4.90 Å². The third-order valence-corrected chi connectivity index (χ3v) is 5.89. The number of sulfonamides is 1. The van der Waals surface area contributed by atoms with E-state index in [2.05, 4.69) is 4.72 Å². The average Bonchev–Trinajstić information content (AvgIpc) is 3.00. The van der Waals surface area contributed by atoms with Gasteiger partial charge in [-0.1, -0.05) is 48.5 Å². The Hall–Kier alpha value is -2.64. The molecule has 1 amide bonds. The van der Waals surface area contributed by atoms with Gasteiger partial charge in [-0.3, -0.25) is 9.52 Å². The predicted octanol–water partition coefficient (Wildman–Crippen LogP) is 3.31. The molecule has 0 aliphatic rings. The molecule has 0 fully saturated rings. The van der Waals surface area contributed by atoms with Gasteiger partial charge in [-0.2, -0.15) is 0 Å². The maximum absolute atomic E-state index is 12.5. The Morgan fingerprint density at radius 2 is 1.54 bits per heavy atom. The number of nitrogens with one attached hydrogen (secondary N) is 1. The molecule has 0 saturated carbocycles. The van der Waals surface area contributed by atoms with E-state index in [0.717, 1.165) is 21.8 Å². The van der Waals surface area contributed by atoms with Crippen molar-refractivity contribution in [3.8, 4) is 10.4 Å². The zero-order chi connectivity index (χ0) is 17.2. The van der Waals surface area contributed by atoms with E-state index in [0.29, 0.717) is 0 Å². The minimum atomic E-state index is -3.79. The maximum Gasteiger partial charge on any atom is 0.261 e. The van der Waals surface area contributed by atoms with Crippen LogP contribution >= 0.6 is 11.3 Å². The molecule has 0 saturated heterocycles. The third kappa shape index (κ3) is 3.32. The number of carbonyl (C=O) groups is 1. The number of benzene rings is 2. The maximum atomic E-state index is 12.5. The number of amides is 1. The molecular formula is C17H14N2O3S2. The van der Waals surface area contributed by atoms with E-state index in [1.54, 1.807) is 24.3 Å². The summed E-state index contributed by atoms with van der Waals surface area (Å²) in [4.78, 5) is 12.7. The minimum absolute atomic E-state index is 0.118. The lowest BCUT2D eigenvalue weighted by Crippen LogP contribution is -2.16. The lowest BCUT2D eigenvalue weighted by atomic mass is 10.2. The smallest absolute Gasteiger partial charge is 0.261 e. The Kier molecular flexibility index (Phi) is 4.37. The largest absolute Gasteiger partial charge is 0.365 e. The molecule has 0 atom stereocenters. The van der Waals surface area contributed by atoms with Crippen molar-refractivity contribution in [3.63, 3.8) is 0 Å². The van der Waals surface area contributed by atoms with Gasteiger partial charge in [-0.05, 0) is 23.8 Å². The molecule has 0 aliphatic heterocycles. The van der Waals surface area contributed by atoms with Crippen LogP contribution in [0.3, 0.4) is 0 Å². The average molecular weight is 358 g/mol. The van der Waals surface area contributed by atoms with Crippen molar-refractivity contribution in [2.75, 3.05) is 4.72 Å². The van der Waals surface area contributed by atoms with Gasteiger partial charge in [-0.25, -0.2) is 8.42 Å². The molecular weight excluding hydrogens is 344 g/mol. The summed E-state index contributed by atoms with van der Waals surface area (Å²) in [6.45, 7) is 0. The third-order valence-electron chi connectivity index (χ3n) is 3.31. The van der Waals surface area contributed by atoms with E-state index in [1.807, 2.05) is 30.3 Å². The lowest BCUT2D eigenvalue weighted by Gasteiger charge is -2.07. The highest BCUT2D eigenvalue weighted by Gasteiger charge is 2.20. The molecule has 1 aromatic heterocycles. The van der Waals surface area contributed by atoms with Gasteiger partial charge in [-0.15, -0.1) is 11.3 Å². The van der Waals surface area contributed by atoms with Gasteiger partial charge < -0.3 is 5.73 Å². The van der Waals surface area contributed by atoms with Crippen LogP contribution in [-0.4, -0.2) is 14.3 Å². The number of nitrogens with two attached hydrogens (primary N) is 1. The molecule has 0 radical (unpaired) electrons. The fourth-order valence-corrected chi connectivity index (χ4v) is 4.32. The van der Waals surface area contributed by atoms with Crippen molar-refractivity contribution < 1.29 is 13.2 Å². The molecule has 2 aromatic carbocycles. The van der Waals surface area contributed by atoms with Gasteiger partial charge in [0.25, 0.3) is 15.9 Å². The van der Waals surface area contributed by atoms with Crippen LogP contribution in [0.15, 0.2) is 71.6 Å². The number of anilines is 1. The molecule has 7 heteroatoms. The molecule has 5 nitrogen and oxygen atoms in total. The fraction of sp³-hybridized carbons (Fsp3) is 0. The summed E-state index contributed by atoms with van der Waals surface area (Å²) >= 11 is 1.16. The van der Waals surface area contributed by atoms with Crippen molar-refractivity contribution in [3.05, 3.63) is 71.6 Å². The molecule has 0 aliphatic carbocycles. The van der Waals surface area contributed by atoms with Crippen LogP contribution in [0.25, 0.3) is 10.4 Å². The molecule has 3 N–H and O–H groups in total. The number of rotatable bonds is 5. The highest BCUT2D eigenvalue weighted by molar-refractivity contribution is 7.92. The molecule has 0 bridgehead atoms. The molecule has 0 spiro atoms. The summed E-state index contributed by atoms with van der Waals surface area (Å²) in [6.07, 6.45) is 0. The van der Waals surface area contributed by atoms with Gasteiger partial charge in [0.05, 0.1) is 10.6 Å². The summed E-state index contributed by atoms with van der Waals surface area (Å²) < 4.78 is 27.4. The van der Waals surface area contributed by atoms with Crippen LogP contribution in [0.4, 0.5) is 5.69 Å². The first-order valence-corrected chi connectivity index (χ1v) is 9.34. The van der Waals surface area contributed by atoms with E-state index >= 15 is 0 Å². The van der Waals surface area contributed by atoms with Crippen LogP contribution in [0, 0.1) is 0 Å². The first kappa shape index (κ1) is 16.2. The Labute approximate surface area is 143 Å². The summed E-state index contributed by atoms with van der Waals surface area (Å²) in [5, 5.41) is 0. The van der Waals surface area contributed by atoms with Crippen molar-refractivity contribution in [1.82, 2.24) is 0 Å². The predicted molar refractivity (Wildman–Crippen MR) is 95.5 cm³/mol. The molecule has 3 rings (SSSR count). The van der Waals surface area contributed by atoms with Crippen LogP contribution in [0.1, 0.15) is 9.67 Å². The molecule has 0 unspecified atom stereocenters. The van der Waals surface area contributed by atoms with Crippen molar-refractivity contribution in [1.29, 1.82) is 0 Å². The Morgan fingerprint density at radius 1 is 0.958 bits per heavy atom. The van der Waals surface area contributed by atoms with E-state index in [9.17, 15) is 13.2 Å². The van der Waals surface area contributed by atoms with E-state index in [1.165, 1.54) is 12.1 Å². The number of primary amides is 1. The second-order valence-corrected chi connectivity index (χ2v) is 7.74. The number of hydrogen-bond donors (Lipinski definition) is 2. The van der Waals surface area contributed by atoms with Crippen LogP contribution in [0.2, 0.25) is 0 Å². The SMILES string of the molecule is NC(=O)c1sc(-c2ccccc2)cc1NS(=O)(=O)c1ccccc1. The Balaban J connectivity index is 2.02. The standard InChI is InChI=1S/C17H14N2O3S2/c18-17(20)16-14(11-15(23-16)12-7-3-1-4-8-12)19-24(21,22)13-9-5-2-6-10-13/h1-11,19H,(H2,18,20). The molecule has 1 heterocycles. The summed E-state index contributed by atoms with van der Waals surface area (Å²) in [7, 11) is -3.79. The minimum Gasteiger partial charge on any atom is -0.365 e. The van der Waals surface area contributed by atoms with Gasteiger partial charge in [0.2, 0.25) is 0 Å². The number of carbonyl (C=O) groups excluding carboxylic acids is 1. The first-order valence-electron chi connectivity index (χ1n) is 7.04. The molecule has 122 valence electrons. The Bertz CT molecular complexity index is 966. The summed E-state index contributed by atoms with van der Waals surface area (Å²) in [5.74, 6) is -0.673. The normalized spacial score (nSPS) is 11.2. The Morgan fingerprint density at radius 3 is 2.12 bits per heavy atom. The van der Waals surface area contributed by atoms with Gasteiger partial charge in [0.1, 0.15) is 4.88 Å². The number of thiophene rings is 1. The lowest BCUT2D eigenvalue weighted by molar-refractivity contribution is 0.100. The first-order chi connectivity index (χ1) is 11.5. The fourth-order valence-electron chi connectivity index (χ4n) is 2.20. The zero-order valence-corrected chi connectivity index (χ0v) is 14.1. The van der Waals surface area contributed by atoms with Gasteiger partial charge >= 0.3 is 0 Å². The van der Waals surface area contributed by atoms with E-state index in [-0.39, 0.29) is 15.5 Å². The van der Waals surface area contributed by atoms with E-state index < -0.39 is 15.9 Å².